The van der Waals surface area contributed by atoms with E-state index in [1.54, 1.807) is 6.20 Å². The fourth-order valence-corrected chi connectivity index (χ4v) is 1.18. The summed E-state index contributed by atoms with van der Waals surface area (Å²) in [5.41, 5.74) is 1.01. The van der Waals surface area contributed by atoms with E-state index in [0.29, 0.717) is 13.0 Å². The fraction of sp³-hybridized carbons (Fsp3) is 0.556. The van der Waals surface area contributed by atoms with Gasteiger partial charge in [-0.25, -0.2) is 0 Å². The molecule has 1 heterocycles. The summed E-state index contributed by atoms with van der Waals surface area (Å²) in [6, 6.07) is 2.08. The summed E-state index contributed by atoms with van der Waals surface area (Å²) in [5, 5.41) is 18.3. The van der Waals surface area contributed by atoms with E-state index >= 15 is 0 Å². The number of nitrogens with one attached hydrogen (secondary N) is 2. The molecule has 1 atom stereocenters. The molecular formula is C9H15N3O2. The lowest BCUT2D eigenvalue weighted by Crippen LogP contribution is -2.20. The molecule has 14 heavy (non-hydrogen) atoms. The van der Waals surface area contributed by atoms with Gasteiger partial charge in [-0.05, 0) is 26.0 Å². The van der Waals surface area contributed by atoms with Crippen LogP contribution < -0.4 is 5.32 Å². The lowest BCUT2D eigenvalue weighted by Gasteiger charge is -2.10. The molecule has 1 aromatic rings. The quantitative estimate of drug-likeness (QED) is 0.593. The van der Waals surface area contributed by atoms with Crippen LogP contribution in [0.5, 0.6) is 0 Å². The van der Waals surface area contributed by atoms with Crippen LogP contribution in [-0.2, 0) is 4.79 Å². The van der Waals surface area contributed by atoms with E-state index < -0.39 is 5.97 Å². The van der Waals surface area contributed by atoms with Gasteiger partial charge in [0, 0.05) is 18.7 Å². The van der Waals surface area contributed by atoms with Gasteiger partial charge in [0.1, 0.15) is 0 Å². The number of hydrogen-bond donors (Lipinski definition) is 3. The first-order valence-corrected chi connectivity index (χ1v) is 4.64. The minimum absolute atomic E-state index is 0.186. The molecule has 3 N–H and O–H groups in total. The summed E-state index contributed by atoms with van der Waals surface area (Å²) in [6.45, 7) is 2.71. The number of nitrogens with zero attached hydrogens (tertiary/aromatic N) is 1. The molecule has 1 aromatic heterocycles. The van der Waals surface area contributed by atoms with Gasteiger partial charge in [-0.3, -0.25) is 9.89 Å². The largest absolute Gasteiger partial charge is 0.481 e. The zero-order valence-corrected chi connectivity index (χ0v) is 8.16. The van der Waals surface area contributed by atoms with E-state index in [1.165, 1.54) is 0 Å². The Hall–Kier alpha value is -1.36. The van der Waals surface area contributed by atoms with Crippen molar-refractivity contribution in [1.82, 2.24) is 15.5 Å². The minimum atomic E-state index is -0.749. The molecule has 0 radical (unpaired) electrons. The summed E-state index contributed by atoms with van der Waals surface area (Å²) in [6.07, 6.45) is 2.56. The van der Waals surface area contributed by atoms with Gasteiger partial charge in [0.25, 0.3) is 0 Å². The molecule has 1 unspecified atom stereocenters. The van der Waals surface area contributed by atoms with Crippen molar-refractivity contribution in [2.24, 2.45) is 0 Å². The molecule has 0 aliphatic rings. The van der Waals surface area contributed by atoms with Crippen LogP contribution in [0.15, 0.2) is 12.3 Å². The Balaban J connectivity index is 2.16. The molecular weight excluding hydrogens is 182 g/mol. The number of aliphatic carboxylic acids is 1. The number of carbonyl (C=O) groups is 1. The van der Waals surface area contributed by atoms with Gasteiger partial charge in [-0.15, -0.1) is 0 Å². The summed E-state index contributed by atoms with van der Waals surface area (Å²) < 4.78 is 0. The zero-order chi connectivity index (χ0) is 10.4. The second kappa shape index (κ2) is 5.39. The Labute approximate surface area is 82.5 Å². The SMILES string of the molecule is CC(NCCCC(=O)O)c1ccn[nH]1. The summed E-state index contributed by atoms with van der Waals surface area (Å²) in [4.78, 5) is 10.2. The van der Waals surface area contributed by atoms with Crippen LogP contribution in [0.25, 0.3) is 0 Å². The van der Waals surface area contributed by atoms with Crippen LogP contribution in [0.2, 0.25) is 0 Å². The average molecular weight is 197 g/mol. The number of hydrogen-bond acceptors (Lipinski definition) is 3. The van der Waals surface area contributed by atoms with Crippen LogP contribution in [0.1, 0.15) is 31.5 Å². The topological polar surface area (TPSA) is 78.0 Å². The normalized spacial score (nSPS) is 12.6. The van der Waals surface area contributed by atoms with E-state index in [0.717, 1.165) is 5.69 Å². The van der Waals surface area contributed by atoms with Gasteiger partial charge in [0.2, 0.25) is 0 Å². The maximum absolute atomic E-state index is 10.2. The fourth-order valence-electron chi connectivity index (χ4n) is 1.18. The van der Waals surface area contributed by atoms with Crippen molar-refractivity contribution in [3.63, 3.8) is 0 Å². The number of carboxylic acids is 1. The maximum atomic E-state index is 10.2. The first kappa shape index (κ1) is 10.7. The Morgan fingerprint density at radius 2 is 2.57 bits per heavy atom. The number of aromatic nitrogens is 2. The van der Waals surface area contributed by atoms with E-state index in [9.17, 15) is 4.79 Å². The van der Waals surface area contributed by atoms with Crippen molar-refractivity contribution >= 4 is 5.97 Å². The molecule has 5 nitrogen and oxygen atoms in total. The van der Waals surface area contributed by atoms with Crippen molar-refractivity contribution in [3.05, 3.63) is 18.0 Å². The molecule has 0 aromatic carbocycles. The monoisotopic (exact) mass is 197 g/mol. The molecule has 0 aliphatic heterocycles. The van der Waals surface area contributed by atoms with E-state index in [4.69, 9.17) is 5.11 Å². The number of aromatic amines is 1. The molecule has 0 aliphatic carbocycles. The Bertz CT molecular complexity index is 272. The van der Waals surface area contributed by atoms with Crippen LogP contribution in [0.4, 0.5) is 0 Å². The highest BCUT2D eigenvalue weighted by molar-refractivity contribution is 5.66. The molecule has 0 saturated carbocycles. The molecule has 0 fully saturated rings. The van der Waals surface area contributed by atoms with Crippen molar-refractivity contribution in [2.75, 3.05) is 6.54 Å². The van der Waals surface area contributed by atoms with Crippen LogP contribution in [0, 0.1) is 0 Å². The maximum Gasteiger partial charge on any atom is 0.303 e. The summed E-state index contributed by atoms with van der Waals surface area (Å²) >= 11 is 0. The minimum Gasteiger partial charge on any atom is -0.481 e. The Kier molecular flexibility index (Phi) is 4.12. The van der Waals surface area contributed by atoms with Crippen molar-refractivity contribution in [2.45, 2.75) is 25.8 Å². The molecule has 0 saturated heterocycles. The van der Waals surface area contributed by atoms with Crippen LogP contribution >= 0.6 is 0 Å². The third-order valence-electron chi connectivity index (χ3n) is 2.01. The van der Waals surface area contributed by atoms with Gasteiger partial charge in [-0.2, -0.15) is 5.10 Å². The predicted molar refractivity (Wildman–Crippen MR) is 51.9 cm³/mol. The van der Waals surface area contributed by atoms with Gasteiger partial charge < -0.3 is 10.4 Å². The van der Waals surface area contributed by atoms with Crippen molar-refractivity contribution in [1.29, 1.82) is 0 Å². The summed E-state index contributed by atoms with van der Waals surface area (Å²) in [7, 11) is 0. The lowest BCUT2D eigenvalue weighted by atomic mass is 10.2. The van der Waals surface area contributed by atoms with Crippen LogP contribution in [0.3, 0.4) is 0 Å². The summed E-state index contributed by atoms with van der Waals surface area (Å²) in [5.74, 6) is -0.749. The lowest BCUT2D eigenvalue weighted by molar-refractivity contribution is -0.137. The molecule has 0 bridgehead atoms. The highest BCUT2D eigenvalue weighted by Crippen LogP contribution is 2.06. The van der Waals surface area contributed by atoms with Gasteiger partial charge in [0.05, 0.1) is 5.69 Å². The number of rotatable bonds is 6. The number of H-pyrrole nitrogens is 1. The average Bonchev–Trinajstić information content (AvgIpc) is 2.64. The van der Waals surface area contributed by atoms with E-state index in [1.807, 2.05) is 13.0 Å². The van der Waals surface area contributed by atoms with E-state index in [2.05, 4.69) is 15.5 Å². The first-order chi connectivity index (χ1) is 6.70. The predicted octanol–water partition coefficient (Wildman–Crippen LogP) is 0.925. The van der Waals surface area contributed by atoms with Gasteiger partial charge in [-0.1, -0.05) is 0 Å². The third-order valence-corrected chi connectivity index (χ3v) is 2.01. The number of carboxylic acid groups (broad SMARTS) is 1. The van der Waals surface area contributed by atoms with Crippen molar-refractivity contribution in [3.8, 4) is 0 Å². The third kappa shape index (κ3) is 3.57. The van der Waals surface area contributed by atoms with Crippen molar-refractivity contribution < 1.29 is 9.90 Å². The molecule has 1 rings (SSSR count). The molecule has 0 spiro atoms. The first-order valence-electron chi connectivity index (χ1n) is 4.64. The highest BCUT2D eigenvalue weighted by atomic mass is 16.4. The van der Waals surface area contributed by atoms with Gasteiger partial charge in [0.15, 0.2) is 0 Å². The Morgan fingerprint density at radius 3 is 3.14 bits per heavy atom. The molecule has 78 valence electrons. The zero-order valence-electron chi connectivity index (χ0n) is 8.16. The smallest absolute Gasteiger partial charge is 0.303 e. The van der Waals surface area contributed by atoms with E-state index in [-0.39, 0.29) is 12.5 Å². The van der Waals surface area contributed by atoms with Gasteiger partial charge >= 0.3 is 5.97 Å². The second-order valence-electron chi connectivity index (χ2n) is 3.19. The molecule has 0 amide bonds. The highest BCUT2D eigenvalue weighted by Gasteiger charge is 2.05. The molecule has 5 heteroatoms. The second-order valence-corrected chi connectivity index (χ2v) is 3.19. The Morgan fingerprint density at radius 1 is 1.79 bits per heavy atom. The van der Waals surface area contributed by atoms with Crippen LogP contribution in [-0.4, -0.2) is 27.8 Å². The standard InChI is InChI=1S/C9H15N3O2/c1-7(8-4-6-11-12-8)10-5-2-3-9(13)14/h4,6-7,10H,2-3,5H2,1H3,(H,11,12)(H,13,14).